The lowest BCUT2D eigenvalue weighted by Gasteiger charge is -2.23. The highest BCUT2D eigenvalue weighted by molar-refractivity contribution is 5.49. The Bertz CT molecular complexity index is 591. The molecule has 28 heavy (non-hydrogen) atoms. The Morgan fingerprint density at radius 1 is 0.536 bits per heavy atom. The summed E-state index contributed by atoms with van der Waals surface area (Å²) in [5.41, 5.74) is 9.01. The molecule has 0 heterocycles. The predicted octanol–water partition coefficient (Wildman–Crippen LogP) is 8.63. The monoisotopic (exact) mass is 386 g/mol. The zero-order valence-electron chi connectivity index (χ0n) is 21.5. The van der Waals surface area contributed by atoms with Crippen molar-refractivity contribution in [2.75, 3.05) is 0 Å². The van der Waals surface area contributed by atoms with Crippen molar-refractivity contribution < 1.29 is 0 Å². The largest absolute Gasteiger partial charge is 0.0628 e. The zero-order chi connectivity index (χ0) is 21.9. The molecule has 1 aliphatic rings. The molecule has 1 fully saturated rings. The fourth-order valence-corrected chi connectivity index (χ4v) is 5.48. The average Bonchev–Trinajstić information content (AvgIpc) is 2.80. The summed E-state index contributed by atoms with van der Waals surface area (Å²) in [6, 6.07) is 0. The van der Waals surface area contributed by atoms with Crippen molar-refractivity contribution in [2.24, 2.45) is 41.4 Å². The Kier molecular flexibility index (Phi) is 9.30. The SMILES string of the molecule is CC(C)CC1C(C)C(C)C(C)C1C.Cc1c(C)c(C)c(CC(C)C)c(C)c1C. The molecule has 0 nitrogen and oxygen atoms in total. The van der Waals surface area contributed by atoms with E-state index in [0.717, 1.165) is 41.4 Å². The highest BCUT2D eigenvalue weighted by Gasteiger charge is 2.41. The van der Waals surface area contributed by atoms with E-state index < -0.39 is 0 Å². The Morgan fingerprint density at radius 3 is 1.21 bits per heavy atom. The molecule has 0 bridgehead atoms. The van der Waals surface area contributed by atoms with Crippen molar-refractivity contribution in [3.05, 3.63) is 33.4 Å². The maximum Gasteiger partial charge on any atom is -0.0250 e. The van der Waals surface area contributed by atoms with Gasteiger partial charge in [-0.2, -0.15) is 0 Å². The van der Waals surface area contributed by atoms with Crippen LogP contribution >= 0.6 is 0 Å². The van der Waals surface area contributed by atoms with E-state index in [9.17, 15) is 0 Å². The van der Waals surface area contributed by atoms with E-state index in [0.29, 0.717) is 0 Å². The standard InChI is InChI=1S/C15H24.C13H26/c1-9(2)8-15-13(6)11(4)10(3)12(5)14(15)7;1-8(2)7-13-11(5)9(3)10(4)12(13)6/h9H,8H2,1-7H3;8-13H,7H2,1-6H3. The maximum absolute atomic E-state index is 2.46. The molecular formula is C28H50. The third-order valence-corrected chi connectivity index (χ3v) is 8.35. The second-order valence-corrected chi connectivity index (χ2v) is 10.9. The van der Waals surface area contributed by atoms with Gasteiger partial charge in [-0.25, -0.2) is 0 Å². The third kappa shape index (κ3) is 5.64. The number of benzene rings is 1. The van der Waals surface area contributed by atoms with Crippen molar-refractivity contribution in [3.63, 3.8) is 0 Å². The first-order chi connectivity index (χ1) is 12.8. The second kappa shape index (κ2) is 10.3. The molecule has 162 valence electrons. The third-order valence-electron chi connectivity index (χ3n) is 8.35. The van der Waals surface area contributed by atoms with E-state index in [1.54, 1.807) is 5.56 Å². The molecule has 0 spiro atoms. The zero-order valence-corrected chi connectivity index (χ0v) is 21.5. The lowest BCUT2D eigenvalue weighted by molar-refractivity contribution is 0.267. The van der Waals surface area contributed by atoms with Crippen LogP contribution in [0.2, 0.25) is 0 Å². The van der Waals surface area contributed by atoms with E-state index in [4.69, 9.17) is 0 Å². The quantitative estimate of drug-likeness (QED) is 0.485. The number of hydrogen-bond acceptors (Lipinski definition) is 0. The van der Waals surface area contributed by atoms with Crippen LogP contribution in [0.4, 0.5) is 0 Å². The summed E-state index contributed by atoms with van der Waals surface area (Å²) in [6.45, 7) is 30.4. The van der Waals surface area contributed by atoms with E-state index in [1.165, 1.54) is 40.7 Å². The minimum absolute atomic E-state index is 0.740. The first kappa shape index (κ1) is 25.3. The summed E-state index contributed by atoms with van der Waals surface area (Å²) in [6.07, 6.45) is 2.64. The van der Waals surface area contributed by atoms with Gasteiger partial charge in [0.15, 0.2) is 0 Å². The van der Waals surface area contributed by atoms with Gasteiger partial charge in [0.2, 0.25) is 0 Å². The molecule has 0 aliphatic heterocycles. The van der Waals surface area contributed by atoms with Gasteiger partial charge in [0.1, 0.15) is 0 Å². The van der Waals surface area contributed by atoms with Gasteiger partial charge in [-0.1, -0.05) is 55.4 Å². The van der Waals surface area contributed by atoms with Crippen molar-refractivity contribution in [1.29, 1.82) is 0 Å². The number of hydrogen-bond donors (Lipinski definition) is 0. The van der Waals surface area contributed by atoms with E-state index in [1.807, 2.05) is 0 Å². The molecule has 0 N–H and O–H groups in total. The molecule has 0 saturated heterocycles. The lowest BCUT2D eigenvalue weighted by atomic mass is 9.83. The Balaban J connectivity index is 0.000000283. The van der Waals surface area contributed by atoms with Crippen LogP contribution in [0.15, 0.2) is 0 Å². The summed E-state index contributed by atoms with van der Waals surface area (Å²) in [5, 5.41) is 0. The molecule has 4 atom stereocenters. The van der Waals surface area contributed by atoms with Gasteiger partial charge in [0, 0.05) is 0 Å². The van der Waals surface area contributed by atoms with Crippen LogP contribution < -0.4 is 0 Å². The molecule has 1 saturated carbocycles. The molecule has 0 aromatic heterocycles. The smallest absolute Gasteiger partial charge is 0.0250 e. The van der Waals surface area contributed by atoms with E-state index >= 15 is 0 Å². The van der Waals surface area contributed by atoms with Crippen LogP contribution in [-0.2, 0) is 6.42 Å². The molecule has 4 unspecified atom stereocenters. The van der Waals surface area contributed by atoms with Gasteiger partial charge in [-0.15, -0.1) is 0 Å². The van der Waals surface area contributed by atoms with Crippen LogP contribution in [0.25, 0.3) is 0 Å². The van der Waals surface area contributed by atoms with Gasteiger partial charge in [0.05, 0.1) is 0 Å². The summed E-state index contributed by atoms with van der Waals surface area (Å²) in [7, 11) is 0. The number of rotatable bonds is 4. The average molecular weight is 387 g/mol. The predicted molar refractivity (Wildman–Crippen MR) is 128 cm³/mol. The van der Waals surface area contributed by atoms with Gasteiger partial charge >= 0.3 is 0 Å². The summed E-state index contributed by atoms with van der Waals surface area (Å²) in [5.74, 6) is 6.32. The van der Waals surface area contributed by atoms with Gasteiger partial charge in [-0.3, -0.25) is 0 Å². The molecular weight excluding hydrogens is 336 g/mol. The first-order valence-corrected chi connectivity index (χ1v) is 11.9. The van der Waals surface area contributed by atoms with Gasteiger partial charge in [0.25, 0.3) is 0 Å². The van der Waals surface area contributed by atoms with Crippen molar-refractivity contribution >= 4 is 0 Å². The molecule has 0 heteroatoms. The van der Waals surface area contributed by atoms with Crippen LogP contribution in [0, 0.1) is 76.0 Å². The Hall–Kier alpha value is -0.780. The first-order valence-electron chi connectivity index (χ1n) is 11.9. The van der Waals surface area contributed by atoms with Crippen molar-refractivity contribution in [3.8, 4) is 0 Å². The molecule has 0 radical (unpaired) electrons. The minimum atomic E-state index is 0.740. The molecule has 1 aromatic carbocycles. The normalized spacial score (nSPS) is 27.3. The van der Waals surface area contributed by atoms with E-state index in [-0.39, 0.29) is 0 Å². The lowest BCUT2D eigenvalue weighted by Crippen LogP contribution is -2.15. The van der Waals surface area contributed by atoms with Crippen LogP contribution in [0.1, 0.15) is 95.2 Å². The van der Waals surface area contributed by atoms with E-state index in [2.05, 4.69) is 90.0 Å². The summed E-state index contributed by atoms with van der Waals surface area (Å²) >= 11 is 0. The van der Waals surface area contributed by atoms with Gasteiger partial charge < -0.3 is 0 Å². The summed E-state index contributed by atoms with van der Waals surface area (Å²) in [4.78, 5) is 0. The topological polar surface area (TPSA) is 0 Å². The van der Waals surface area contributed by atoms with Crippen molar-refractivity contribution in [1.82, 2.24) is 0 Å². The highest BCUT2D eigenvalue weighted by Crippen LogP contribution is 2.47. The van der Waals surface area contributed by atoms with Crippen LogP contribution in [0.3, 0.4) is 0 Å². The molecule has 1 aromatic rings. The second-order valence-electron chi connectivity index (χ2n) is 10.9. The Morgan fingerprint density at radius 2 is 0.893 bits per heavy atom. The Labute approximate surface area is 177 Å². The van der Waals surface area contributed by atoms with Crippen LogP contribution in [-0.4, -0.2) is 0 Å². The molecule has 0 amide bonds. The van der Waals surface area contributed by atoms with Gasteiger partial charge in [-0.05, 0) is 122 Å². The van der Waals surface area contributed by atoms with Crippen molar-refractivity contribution in [2.45, 2.75) is 103 Å². The maximum atomic E-state index is 2.46. The molecule has 1 aliphatic carbocycles. The van der Waals surface area contributed by atoms with Crippen LogP contribution in [0.5, 0.6) is 0 Å². The fraction of sp³-hybridized carbons (Fsp3) is 0.786. The summed E-state index contributed by atoms with van der Waals surface area (Å²) < 4.78 is 0. The fourth-order valence-electron chi connectivity index (χ4n) is 5.48. The highest BCUT2D eigenvalue weighted by atomic mass is 14.5. The minimum Gasteiger partial charge on any atom is -0.0628 e. The molecule has 2 rings (SSSR count).